The number of ether oxygens (including phenoxy) is 1. The zero-order chi connectivity index (χ0) is 22.0. The molecule has 0 aliphatic rings. The minimum absolute atomic E-state index is 0.353. The summed E-state index contributed by atoms with van der Waals surface area (Å²) in [4.78, 5) is 32.5. The van der Waals surface area contributed by atoms with E-state index >= 15 is 0 Å². The number of benzene rings is 3. The number of para-hydroxylation sites is 1. The molecule has 4 aromatic rings. The van der Waals surface area contributed by atoms with Gasteiger partial charge in [0, 0.05) is 11.3 Å². The molecular formula is C25H23N3O3. The number of H-pyrrole nitrogens is 1. The van der Waals surface area contributed by atoms with Crippen molar-refractivity contribution in [2.75, 3.05) is 11.9 Å². The number of carbonyl (C=O) groups excluding carboxylic acids is 2. The van der Waals surface area contributed by atoms with Crippen molar-refractivity contribution in [1.29, 1.82) is 0 Å². The number of aromatic nitrogens is 2. The van der Waals surface area contributed by atoms with Crippen LogP contribution in [0.4, 0.5) is 5.69 Å². The molecule has 0 aliphatic heterocycles. The Bertz CT molecular complexity index is 1250. The monoisotopic (exact) mass is 413 g/mol. The second-order valence-electron chi connectivity index (χ2n) is 7.57. The van der Waals surface area contributed by atoms with Crippen molar-refractivity contribution in [2.45, 2.75) is 20.8 Å². The first-order valence-electron chi connectivity index (χ1n) is 10.0. The number of hydrogen-bond donors (Lipinski definition) is 2. The van der Waals surface area contributed by atoms with E-state index in [0.29, 0.717) is 5.56 Å². The van der Waals surface area contributed by atoms with Crippen LogP contribution in [0.5, 0.6) is 0 Å². The molecule has 0 saturated carbocycles. The van der Waals surface area contributed by atoms with Gasteiger partial charge >= 0.3 is 5.97 Å². The smallest absolute Gasteiger partial charge is 0.338 e. The van der Waals surface area contributed by atoms with E-state index in [1.807, 2.05) is 63.2 Å². The van der Waals surface area contributed by atoms with Crippen molar-refractivity contribution in [2.24, 2.45) is 0 Å². The highest BCUT2D eigenvalue weighted by molar-refractivity contribution is 5.98. The van der Waals surface area contributed by atoms with Crippen LogP contribution in [-0.2, 0) is 9.53 Å². The molecule has 156 valence electrons. The number of anilines is 1. The molecule has 3 aromatic carbocycles. The fourth-order valence-electron chi connectivity index (χ4n) is 3.39. The first-order chi connectivity index (χ1) is 14.9. The summed E-state index contributed by atoms with van der Waals surface area (Å²) in [6.45, 7) is 5.50. The summed E-state index contributed by atoms with van der Waals surface area (Å²) in [6, 6.07) is 18.9. The van der Waals surface area contributed by atoms with Gasteiger partial charge in [0.2, 0.25) is 0 Å². The molecular weight excluding hydrogens is 390 g/mol. The maximum absolute atomic E-state index is 12.5. The second-order valence-corrected chi connectivity index (χ2v) is 7.57. The molecule has 0 aliphatic carbocycles. The van der Waals surface area contributed by atoms with Gasteiger partial charge in [-0.05, 0) is 50.1 Å². The number of esters is 1. The van der Waals surface area contributed by atoms with Gasteiger partial charge in [-0.3, -0.25) is 4.79 Å². The SMILES string of the molecule is Cc1ccc(-c2nc3ccc(C(=O)OCC(=O)Nc4c(C)cccc4C)cc3[nH]2)cc1. The van der Waals surface area contributed by atoms with Gasteiger partial charge in [-0.1, -0.05) is 48.0 Å². The number of nitrogens with one attached hydrogen (secondary N) is 2. The molecule has 6 nitrogen and oxygen atoms in total. The lowest BCUT2D eigenvalue weighted by Gasteiger charge is -2.11. The van der Waals surface area contributed by atoms with Crippen LogP contribution >= 0.6 is 0 Å². The average molecular weight is 413 g/mol. The summed E-state index contributed by atoms with van der Waals surface area (Å²) >= 11 is 0. The quantitative estimate of drug-likeness (QED) is 0.454. The molecule has 0 fully saturated rings. The van der Waals surface area contributed by atoms with Crippen molar-refractivity contribution in [3.63, 3.8) is 0 Å². The molecule has 31 heavy (non-hydrogen) atoms. The third-order valence-corrected chi connectivity index (χ3v) is 5.12. The highest BCUT2D eigenvalue weighted by Gasteiger charge is 2.14. The minimum atomic E-state index is -0.565. The van der Waals surface area contributed by atoms with Crippen molar-refractivity contribution in [3.8, 4) is 11.4 Å². The Morgan fingerprint density at radius 2 is 1.68 bits per heavy atom. The van der Waals surface area contributed by atoms with E-state index in [1.54, 1.807) is 18.2 Å². The fourth-order valence-corrected chi connectivity index (χ4v) is 3.39. The minimum Gasteiger partial charge on any atom is -0.452 e. The van der Waals surface area contributed by atoms with Crippen LogP contribution in [0, 0.1) is 20.8 Å². The van der Waals surface area contributed by atoms with Crippen LogP contribution in [0.2, 0.25) is 0 Å². The highest BCUT2D eigenvalue weighted by atomic mass is 16.5. The summed E-state index contributed by atoms with van der Waals surface area (Å²) in [7, 11) is 0. The van der Waals surface area contributed by atoms with Crippen LogP contribution in [-0.4, -0.2) is 28.5 Å². The van der Waals surface area contributed by atoms with E-state index in [0.717, 1.165) is 39.2 Å². The van der Waals surface area contributed by atoms with Crippen LogP contribution in [0.25, 0.3) is 22.4 Å². The Labute approximate surface area is 180 Å². The number of amides is 1. The van der Waals surface area contributed by atoms with E-state index in [1.165, 1.54) is 5.56 Å². The summed E-state index contributed by atoms with van der Waals surface area (Å²) in [5, 5.41) is 2.81. The number of aryl methyl sites for hydroxylation is 3. The number of carbonyl (C=O) groups is 2. The zero-order valence-electron chi connectivity index (χ0n) is 17.7. The normalized spacial score (nSPS) is 10.8. The maximum Gasteiger partial charge on any atom is 0.338 e. The van der Waals surface area contributed by atoms with Gasteiger partial charge < -0.3 is 15.0 Å². The Hall–Kier alpha value is -3.93. The van der Waals surface area contributed by atoms with Crippen molar-refractivity contribution in [1.82, 2.24) is 9.97 Å². The third kappa shape index (κ3) is 4.48. The Morgan fingerprint density at radius 3 is 2.39 bits per heavy atom. The molecule has 4 rings (SSSR count). The molecule has 0 bridgehead atoms. The Balaban J connectivity index is 1.44. The van der Waals surface area contributed by atoms with Gasteiger partial charge in [0.05, 0.1) is 16.6 Å². The van der Waals surface area contributed by atoms with Gasteiger partial charge in [0.15, 0.2) is 6.61 Å². The van der Waals surface area contributed by atoms with Crippen molar-refractivity contribution >= 4 is 28.6 Å². The van der Waals surface area contributed by atoms with Gasteiger partial charge in [-0.2, -0.15) is 0 Å². The molecule has 2 N–H and O–H groups in total. The summed E-state index contributed by atoms with van der Waals surface area (Å²) in [6.07, 6.45) is 0. The molecule has 0 radical (unpaired) electrons. The van der Waals surface area contributed by atoms with Crippen LogP contribution < -0.4 is 5.32 Å². The lowest BCUT2D eigenvalue weighted by atomic mass is 10.1. The predicted octanol–water partition coefficient (Wildman–Crippen LogP) is 4.95. The number of fused-ring (bicyclic) bond motifs is 1. The van der Waals surface area contributed by atoms with Gasteiger partial charge in [-0.15, -0.1) is 0 Å². The molecule has 1 aromatic heterocycles. The summed E-state index contributed by atoms with van der Waals surface area (Å²) in [5.74, 6) is -0.214. The lowest BCUT2D eigenvalue weighted by Crippen LogP contribution is -2.21. The highest BCUT2D eigenvalue weighted by Crippen LogP contribution is 2.22. The molecule has 6 heteroatoms. The number of rotatable bonds is 5. The largest absolute Gasteiger partial charge is 0.452 e. The summed E-state index contributed by atoms with van der Waals surface area (Å²) < 4.78 is 5.21. The van der Waals surface area contributed by atoms with Crippen LogP contribution in [0.1, 0.15) is 27.0 Å². The molecule has 0 saturated heterocycles. The van der Waals surface area contributed by atoms with E-state index < -0.39 is 5.97 Å². The van der Waals surface area contributed by atoms with E-state index in [4.69, 9.17) is 4.74 Å². The van der Waals surface area contributed by atoms with Crippen molar-refractivity contribution in [3.05, 3.63) is 82.9 Å². The first kappa shape index (κ1) is 20.3. The number of aromatic amines is 1. The third-order valence-electron chi connectivity index (χ3n) is 5.12. The lowest BCUT2D eigenvalue weighted by molar-refractivity contribution is -0.119. The van der Waals surface area contributed by atoms with E-state index in [9.17, 15) is 9.59 Å². The molecule has 0 unspecified atom stereocenters. The number of hydrogen-bond acceptors (Lipinski definition) is 4. The molecule has 0 atom stereocenters. The van der Waals surface area contributed by atoms with E-state index in [-0.39, 0.29) is 12.5 Å². The second kappa shape index (κ2) is 8.44. The van der Waals surface area contributed by atoms with Crippen molar-refractivity contribution < 1.29 is 14.3 Å². The first-order valence-corrected chi connectivity index (χ1v) is 10.0. The fraction of sp³-hybridized carbons (Fsp3) is 0.160. The predicted molar refractivity (Wildman–Crippen MR) is 121 cm³/mol. The van der Waals surface area contributed by atoms with Crippen LogP contribution in [0.15, 0.2) is 60.7 Å². The standard InChI is InChI=1S/C25H23N3O3/c1-15-7-9-18(10-8-15)24-26-20-12-11-19(13-21(20)27-24)25(30)31-14-22(29)28-23-16(2)5-4-6-17(23)3/h4-13H,14H2,1-3H3,(H,26,27)(H,28,29). The molecule has 1 heterocycles. The Kier molecular flexibility index (Phi) is 5.54. The zero-order valence-corrected chi connectivity index (χ0v) is 17.7. The van der Waals surface area contributed by atoms with Gasteiger partial charge in [-0.25, -0.2) is 9.78 Å². The number of imidazole rings is 1. The Morgan fingerprint density at radius 1 is 0.968 bits per heavy atom. The number of nitrogens with zero attached hydrogens (tertiary/aromatic N) is 1. The topological polar surface area (TPSA) is 84.1 Å². The van der Waals surface area contributed by atoms with E-state index in [2.05, 4.69) is 15.3 Å². The van der Waals surface area contributed by atoms with Crippen LogP contribution in [0.3, 0.4) is 0 Å². The molecule has 0 spiro atoms. The molecule has 1 amide bonds. The average Bonchev–Trinajstić information content (AvgIpc) is 3.18. The summed E-state index contributed by atoms with van der Waals surface area (Å²) in [5.41, 5.74) is 6.62. The maximum atomic E-state index is 12.5. The van der Waals surface area contributed by atoms with Gasteiger partial charge in [0.1, 0.15) is 5.82 Å². The van der Waals surface area contributed by atoms with Gasteiger partial charge in [0.25, 0.3) is 5.91 Å².